The first-order chi connectivity index (χ1) is 13.4. The van der Waals surface area contributed by atoms with Crippen molar-refractivity contribution in [2.45, 2.75) is 57.8 Å². The molecule has 28 heavy (non-hydrogen) atoms. The minimum atomic E-state index is -3.68. The van der Waals surface area contributed by atoms with Crippen molar-refractivity contribution in [1.82, 2.24) is 4.31 Å². The van der Waals surface area contributed by atoms with Gasteiger partial charge in [-0.15, -0.1) is 0 Å². The van der Waals surface area contributed by atoms with Crippen molar-refractivity contribution >= 4 is 21.6 Å². The van der Waals surface area contributed by atoms with Gasteiger partial charge in [0, 0.05) is 25.2 Å². The monoisotopic (exact) mass is 408 g/mol. The van der Waals surface area contributed by atoms with Gasteiger partial charge in [0.05, 0.1) is 6.61 Å². The van der Waals surface area contributed by atoms with Crippen molar-refractivity contribution in [3.63, 3.8) is 0 Å². The summed E-state index contributed by atoms with van der Waals surface area (Å²) in [6, 6.07) is 4.87. The number of hydrogen-bond acceptors (Lipinski definition) is 4. The van der Waals surface area contributed by atoms with Gasteiger partial charge in [-0.25, -0.2) is 8.42 Å². The van der Waals surface area contributed by atoms with E-state index in [0.29, 0.717) is 49.4 Å². The van der Waals surface area contributed by atoms with Gasteiger partial charge < -0.3 is 10.1 Å². The number of hydrogen-bond donors (Lipinski definition) is 1. The highest BCUT2D eigenvalue weighted by molar-refractivity contribution is 7.89. The van der Waals surface area contributed by atoms with E-state index in [-0.39, 0.29) is 10.8 Å². The van der Waals surface area contributed by atoms with Crippen molar-refractivity contribution in [2.75, 3.05) is 25.0 Å². The van der Waals surface area contributed by atoms with Crippen LogP contribution in [0, 0.1) is 17.8 Å². The number of amides is 1. The van der Waals surface area contributed by atoms with Gasteiger partial charge in [-0.3, -0.25) is 4.79 Å². The summed E-state index contributed by atoms with van der Waals surface area (Å²) >= 11 is 0. The van der Waals surface area contributed by atoms with Gasteiger partial charge in [-0.1, -0.05) is 20.3 Å². The maximum Gasteiger partial charge on any atom is 0.246 e. The molecule has 0 aromatic heterocycles. The zero-order valence-electron chi connectivity index (χ0n) is 17.1. The van der Waals surface area contributed by atoms with Crippen LogP contribution in [0.15, 0.2) is 23.1 Å². The largest absolute Gasteiger partial charge is 0.492 e. The smallest absolute Gasteiger partial charge is 0.246 e. The highest BCUT2D eigenvalue weighted by Crippen LogP contribution is 2.49. The number of rotatable bonds is 9. The fourth-order valence-electron chi connectivity index (χ4n) is 4.84. The molecule has 0 heterocycles. The molecule has 1 aromatic rings. The first-order valence-electron chi connectivity index (χ1n) is 10.5. The molecule has 1 aromatic carbocycles. The molecule has 156 valence electrons. The Morgan fingerprint density at radius 3 is 2.50 bits per heavy atom. The molecule has 7 heteroatoms. The van der Waals surface area contributed by atoms with E-state index in [1.807, 2.05) is 20.8 Å². The lowest BCUT2D eigenvalue weighted by Crippen LogP contribution is -2.31. The first kappa shape index (κ1) is 21.1. The van der Waals surface area contributed by atoms with Gasteiger partial charge >= 0.3 is 0 Å². The number of sulfonamides is 1. The van der Waals surface area contributed by atoms with Crippen LogP contribution in [0.5, 0.6) is 5.75 Å². The molecule has 2 fully saturated rings. The number of benzene rings is 1. The number of fused-ring (bicyclic) bond motifs is 2. The van der Waals surface area contributed by atoms with E-state index in [2.05, 4.69) is 5.32 Å². The average molecular weight is 409 g/mol. The second kappa shape index (κ2) is 8.82. The van der Waals surface area contributed by atoms with E-state index in [1.54, 1.807) is 12.1 Å². The molecule has 2 saturated carbocycles. The summed E-state index contributed by atoms with van der Waals surface area (Å²) in [6.45, 7) is 6.57. The molecule has 3 atom stereocenters. The molecule has 2 aliphatic carbocycles. The molecule has 1 N–H and O–H groups in total. The van der Waals surface area contributed by atoms with Gasteiger partial charge in [-0.2, -0.15) is 4.31 Å². The molecule has 1 amide bonds. The van der Waals surface area contributed by atoms with E-state index >= 15 is 0 Å². The molecule has 2 aliphatic rings. The summed E-state index contributed by atoms with van der Waals surface area (Å²) in [6.07, 6.45) is 5.51. The van der Waals surface area contributed by atoms with Crippen molar-refractivity contribution in [1.29, 1.82) is 0 Å². The first-order valence-corrected chi connectivity index (χ1v) is 11.9. The van der Waals surface area contributed by atoms with Crippen LogP contribution >= 0.6 is 0 Å². The minimum Gasteiger partial charge on any atom is -0.492 e. The molecule has 0 radical (unpaired) electrons. The van der Waals surface area contributed by atoms with Crippen LogP contribution in [0.2, 0.25) is 0 Å². The topological polar surface area (TPSA) is 75.7 Å². The van der Waals surface area contributed by atoms with E-state index in [4.69, 9.17) is 4.74 Å². The molecule has 0 saturated heterocycles. The third-order valence-corrected chi connectivity index (χ3v) is 8.25. The van der Waals surface area contributed by atoms with Crippen LogP contribution < -0.4 is 10.1 Å². The summed E-state index contributed by atoms with van der Waals surface area (Å²) in [4.78, 5) is 12.7. The Morgan fingerprint density at radius 1 is 1.18 bits per heavy atom. The SMILES string of the molecule is CCOc1ccc(NC(=O)C[C@@H]2C[C@H]3CC[C@@H]2C3)cc1S(=O)(=O)N(CC)CC. The normalized spacial score (nSPS) is 23.9. The predicted molar refractivity (Wildman–Crippen MR) is 110 cm³/mol. The summed E-state index contributed by atoms with van der Waals surface area (Å²) in [5, 5.41) is 2.91. The molecular formula is C21H32N2O4S. The van der Waals surface area contributed by atoms with Crippen LogP contribution in [0.4, 0.5) is 5.69 Å². The maximum atomic E-state index is 13.0. The van der Waals surface area contributed by atoms with E-state index in [1.165, 1.54) is 29.6 Å². The summed E-state index contributed by atoms with van der Waals surface area (Å²) < 4.78 is 33.0. The lowest BCUT2D eigenvalue weighted by molar-refractivity contribution is -0.117. The molecule has 3 rings (SSSR count). The number of anilines is 1. The standard InChI is InChI=1S/C21H32N2O4S/c1-4-23(5-2)28(25,26)20-14-18(9-10-19(20)27-6-3)22-21(24)13-17-12-15-7-8-16(17)11-15/h9-10,14-17H,4-8,11-13H2,1-3H3,(H,22,24)/t15-,16+,17-/m0/s1. The zero-order chi connectivity index (χ0) is 20.3. The Morgan fingerprint density at radius 2 is 1.93 bits per heavy atom. The molecule has 0 unspecified atom stereocenters. The Kier molecular flexibility index (Phi) is 6.65. The molecule has 0 spiro atoms. The Hall–Kier alpha value is -1.60. The highest BCUT2D eigenvalue weighted by Gasteiger charge is 2.40. The lowest BCUT2D eigenvalue weighted by atomic mass is 9.86. The van der Waals surface area contributed by atoms with Crippen molar-refractivity contribution in [2.24, 2.45) is 17.8 Å². The Bertz CT molecular complexity index is 805. The summed E-state index contributed by atoms with van der Waals surface area (Å²) in [5.74, 6) is 2.25. The third-order valence-electron chi connectivity index (χ3n) is 6.18. The van der Waals surface area contributed by atoms with E-state index in [9.17, 15) is 13.2 Å². The number of carbonyl (C=O) groups is 1. The van der Waals surface area contributed by atoms with Gasteiger partial charge in [0.2, 0.25) is 15.9 Å². The third kappa shape index (κ3) is 4.35. The quantitative estimate of drug-likeness (QED) is 0.673. The second-order valence-corrected chi connectivity index (χ2v) is 9.78. The minimum absolute atomic E-state index is 0.0344. The second-order valence-electron chi connectivity index (χ2n) is 7.87. The van der Waals surface area contributed by atoms with Crippen molar-refractivity contribution in [3.05, 3.63) is 18.2 Å². The van der Waals surface area contributed by atoms with Crippen LogP contribution in [0.1, 0.15) is 52.9 Å². The van der Waals surface area contributed by atoms with Crippen LogP contribution in [-0.2, 0) is 14.8 Å². The van der Waals surface area contributed by atoms with Crippen molar-refractivity contribution < 1.29 is 17.9 Å². The Labute approximate surface area is 168 Å². The number of nitrogens with zero attached hydrogens (tertiary/aromatic N) is 1. The fourth-order valence-corrected chi connectivity index (χ4v) is 6.46. The van der Waals surface area contributed by atoms with Gasteiger partial charge in [0.15, 0.2) is 0 Å². The molecule has 0 aliphatic heterocycles. The highest BCUT2D eigenvalue weighted by atomic mass is 32.2. The van der Waals surface area contributed by atoms with Crippen molar-refractivity contribution in [3.8, 4) is 5.75 Å². The van der Waals surface area contributed by atoms with Gasteiger partial charge in [-0.05, 0) is 62.1 Å². The van der Waals surface area contributed by atoms with Crippen LogP contribution in [0.3, 0.4) is 0 Å². The van der Waals surface area contributed by atoms with Gasteiger partial charge in [0.25, 0.3) is 0 Å². The molecular weight excluding hydrogens is 376 g/mol. The fraction of sp³-hybridized carbons (Fsp3) is 0.667. The average Bonchev–Trinajstić information content (AvgIpc) is 3.27. The predicted octanol–water partition coefficient (Wildman–Crippen LogP) is 3.88. The van der Waals surface area contributed by atoms with Crippen LogP contribution in [0.25, 0.3) is 0 Å². The Balaban J connectivity index is 1.77. The molecule has 6 nitrogen and oxygen atoms in total. The number of carbonyl (C=O) groups excluding carboxylic acids is 1. The van der Waals surface area contributed by atoms with Gasteiger partial charge in [0.1, 0.15) is 10.6 Å². The number of nitrogens with one attached hydrogen (secondary N) is 1. The van der Waals surface area contributed by atoms with Crippen LogP contribution in [-0.4, -0.2) is 38.3 Å². The number of ether oxygens (including phenoxy) is 1. The summed E-state index contributed by atoms with van der Waals surface area (Å²) in [7, 11) is -3.68. The lowest BCUT2D eigenvalue weighted by Gasteiger charge is -2.22. The zero-order valence-corrected chi connectivity index (χ0v) is 17.9. The van der Waals surface area contributed by atoms with E-state index in [0.717, 1.165) is 12.3 Å². The van der Waals surface area contributed by atoms with E-state index < -0.39 is 10.0 Å². The maximum absolute atomic E-state index is 13.0. The summed E-state index contributed by atoms with van der Waals surface area (Å²) in [5.41, 5.74) is 0.502. The molecule has 2 bridgehead atoms.